The Morgan fingerprint density at radius 2 is 1.25 bits per heavy atom. The molecule has 2 N–H and O–H groups in total. The van der Waals surface area contributed by atoms with Crippen molar-refractivity contribution in [1.82, 2.24) is 0 Å². The molecule has 0 spiro atoms. The summed E-state index contributed by atoms with van der Waals surface area (Å²) in [5, 5.41) is 0. The van der Waals surface area contributed by atoms with E-state index in [0.717, 1.165) is 6.42 Å². The van der Waals surface area contributed by atoms with Crippen molar-refractivity contribution >= 4 is 10.4 Å². The van der Waals surface area contributed by atoms with Gasteiger partial charge in [0.1, 0.15) is 0 Å². The second kappa shape index (κ2) is 16.5. The predicted octanol–water partition coefficient (Wildman–Crippen LogP) is 0.312. The molecule has 4 nitrogen and oxygen atoms in total. The molecule has 0 aliphatic heterocycles. The van der Waals surface area contributed by atoms with Crippen molar-refractivity contribution in [3.63, 3.8) is 0 Å². The SMILES string of the molecule is O=S(=O)(O)O.[CH2-]CCCCCCCCC.[K+]. The Hall–Kier alpha value is 1.51. The van der Waals surface area contributed by atoms with E-state index in [2.05, 4.69) is 13.8 Å². The van der Waals surface area contributed by atoms with Gasteiger partial charge in [-0.05, 0) is 0 Å². The summed E-state index contributed by atoms with van der Waals surface area (Å²) in [6.07, 6.45) is 10.9. The van der Waals surface area contributed by atoms with E-state index in [1.807, 2.05) is 0 Å². The van der Waals surface area contributed by atoms with Crippen LogP contribution in [0.5, 0.6) is 0 Å². The molecule has 0 aromatic rings. The van der Waals surface area contributed by atoms with Crippen LogP contribution in [0.1, 0.15) is 58.3 Å². The third kappa shape index (κ3) is 45.1. The summed E-state index contributed by atoms with van der Waals surface area (Å²) < 4.78 is 31.6. The van der Waals surface area contributed by atoms with E-state index in [1.165, 1.54) is 44.9 Å². The van der Waals surface area contributed by atoms with Gasteiger partial charge in [-0.2, -0.15) is 14.8 Å². The first-order valence-corrected chi connectivity index (χ1v) is 6.80. The van der Waals surface area contributed by atoms with Crippen molar-refractivity contribution in [3.05, 3.63) is 6.92 Å². The van der Waals surface area contributed by atoms with Crippen LogP contribution < -0.4 is 51.4 Å². The summed E-state index contributed by atoms with van der Waals surface area (Å²) in [6, 6.07) is 0. The average Bonchev–Trinajstić information content (AvgIpc) is 2.08. The predicted molar refractivity (Wildman–Crippen MR) is 62.1 cm³/mol. The summed E-state index contributed by atoms with van der Waals surface area (Å²) in [5.41, 5.74) is 0. The quantitative estimate of drug-likeness (QED) is 0.304. The van der Waals surface area contributed by atoms with Gasteiger partial charge in [-0.15, -0.1) is 0 Å². The molecule has 16 heavy (non-hydrogen) atoms. The maximum absolute atomic E-state index is 8.74. The molecule has 94 valence electrons. The zero-order chi connectivity index (χ0) is 12.2. The number of unbranched alkanes of at least 4 members (excludes halogenated alkanes) is 7. The van der Waals surface area contributed by atoms with Gasteiger partial charge in [-0.3, -0.25) is 9.11 Å². The van der Waals surface area contributed by atoms with Crippen molar-refractivity contribution in [2.75, 3.05) is 0 Å². The molecule has 0 rings (SSSR count). The molecule has 0 amide bonds. The molecule has 0 heterocycles. The van der Waals surface area contributed by atoms with Crippen LogP contribution in [0.3, 0.4) is 0 Å². The van der Waals surface area contributed by atoms with Crippen LogP contribution in [-0.4, -0.2) is 17.5 Å². The standard InChI is InChI=1S/C10H21.K.H2O4S/c1-3-5-7-9-10-8-6-4-2;;1-5(2,3)4/h1,3-10H2,2H3;;(H2,1,2,3,4)/q-1;+1;. The Bertz CT molecular complexity index is 189. The maximum Gasteiger partial charge on any atom is 1.00 e. The van der Waals surface area contributed by atoms with Crippen LogP contribution in [0.25, 0.3) is 0 Å². The van der Waals surface area contributed by atoms with Gasteiger partial charge in [0.25, 0.3) is 0 Å². The molecule has 0 saturated heterocycles. The first kappa shape index (κ1) is 22.7. The molecule has 0 unspecified atom stereocenters. The molecule has 0 bridgehead atoms. The van der Waals surface area contributed by atoms with Crippen molar-refractivity contribution in [1.29, 1.82) is 0 Å². The minimum Gasteiger partial charge on any atom is -0.343 e. The molecule has 0 aromatic heterocycles. The van der Waals surface area contributed by atoms with Crippen molar-refractivity contribution < 1.29 is 68.9 Å². The Morgan fingerprint density at radius 1 is 0.938 bits per heavy atom. The van der Waals surface area contributed by atoms with Crippen molar-refractivity contribution in [3.8, 4) is 0 Å². The molecule has 0 atom stereocenters. The van der Waals surface area contributed by atoms with Gasteiger partial charge in [0.2, 0.25) is 0 Å². The van der Waals surface area contributed by atoms with Crippen LogP contribution in [0.15, 0.2) is 0 Å². The van der Waals surface area contributed by atoms with Gasteiger partial charge in [0.05, 0.1) is 0 Å². The molecule has 0 aromatic carbocycles. The second-order valence-electron chi connectivity index (χ2n) is 3.42. The summed E-state index contributed by atoms with van der Waals surface area (Å²) >= 11 is 0. The molecule has 0 fully saturated rings. The first-order chi connectivity index (χ1) is 6.91. The molecule has 0 aliphatic rings. The fourth-order valence-electron chi connectivity index (χ4n) is 1.13. The Balaban J connectivity index is -0.000000242. The Kier molecular flexibility index (Phi) is 23.4. The number of rotatable bonds is 7. The normalized spacial score (nSPS) is 10.0. The first-order valence-electron chi connectivity index (χ1n) is 5.41. The molecule has 0 saturated carbocycles. The minimum absolute atomic E-state index is 0. The Labute approximate surface area is 143 Å². The fourth-order valence-corrected chi connectivity index (χ4v) is 1.13. The minimum atomic E-state index is -4.67. The van der Waals surface area contributed by atoms with Crippen molar-refractivity contribution in [2.45, 2.75) is 58.3 Å². The Morgan fingerprint density at radius 3 is 1.56 bits per heavy atom. The van der Waals surface area contributed by atoms with E-state index in [9.17, 15) is 0 Å². The molecule has 0 aliphatic carbocycles. The summed E-state index contributed by atoms with van der Waals surface area (Å²) in [5.74, 6) is 0. The average molecular weight is 278 g/mol. The van der Waals surface area contributed by atoms with Gasteiger partial charge in [0, 0.05) is 0 Å². The molecule has 0 radical (unpaired) electrons. The smallest absolute Gasteiger partial charge is 0.343 e. The van der Waals surface area contributed by atoms with E-state index in [4.69, 9.17) is 17.5 Å². The topological polar surface area (TPSA) is 74.6 Å². The van der Waals surface area contributed by atoms with Crippen LogP contribution in [-0.2, 0) is 10.4 Å². The van der Waals surface area contributed by atoms with Crippen molar-refractivity contribution in [2.24, 2.45) is 0 Å². The van der Waals surface area contributed by atoms with E-state index >= 15 is 0 Å². The van der Waals surface area contributed by atoms with Crippen LogP contribution in [0.2, 0.25) is 0 Å². The monoisotopic (exact) mass is 278 g/mol. The summed E-state index contributed by atoms with van der Waals surface area (Å²) in [4.78, 5) is 0. The molecular weight excluding hydrogens is 255 g/mol. The molecular formula is C10H23KO4S. The maximum atomic E-state index is 8.74. The van der Waals surface area contributed by atoms with Crippen LogP contribution in [0.4, 0.5) is 0 Å². The third-order valence-corrected chi connectivity index (χ3v) is 1.85. The van der Waals surface area contributed by atoms with Gasteiger partial charge >= 0.3 is 61.8 Å². The third-order valence-electron chi connectivity index (χ3n) is 1.85. The van der Waals surface area contributed by atoms with Gasteiger partial charge < -0.3 is 6.92 Å². The fraction of sp³-hybridized carbons (Fsp3) is 0.900. The molecule has 6 heteroatoms. The summed E-state index contributed by atoms with van der Waals surface area (Å²) in [7, 11) is -4.67. The van der Waals surface area contributed by atoms with E-state index in [-0.39, 0.29) is 51.4 Å². The van der Waals surface area contributed by atoms with Gasteiger partial charge in [-0.1, -0.05) is 51.9 Å². The van der Waals surface area contributed by atoms with E-state index in [0.29, 0.717) is 0 Å². The zero-order valence-corrected chi connectivity index (χ0v) is 14.4. The van der Waals surface area contributed by atoms with Gasteiger partial charge in [0.15, 0.2) is 0 Å². The van der Waals surface area contributed by atoms with Gasteiger partial charge in [-0.25, -0.2) is 0 Å². The summed E-state index contributed by atoms with van der Waals surface area (Å²) in [6.45, 7) is 6.08. The largest absolute Gasteiger partial charge is 1.00 e. The van der Waals surface area contributed by atoms with E-state index < -0.39 is 10.4 Å². The zero-order valence-electron chi connectivity index (χ0n) is 10.5. The number of hydrogen-bond acceptors (Lipinski definition) is 2. The second-order valence-corrected chi connectivity index (χ2v) is 4.32. The van der Waals surface area contributed by atoms with Crippen LogP contribution >= 0.6 is 0 Å². The van der Waals surface area contributed by atoms with E-state index in [1.54, 1.807) is 0 Å². The van der Waals surface area contributed by atoms with Crippen LogP contribution in [0, 0.1) is 6.92 Å². The number of hydrogen-bond donors (Lipinski definition) is 2.